The summed E-state index contributed by atoms with van der Waals surface area (Å²) < 4.78 is 14.2. The van der Waals surface area contributed by atoms with Crippen molar-refractivity contribution in [1.82, 2.24) is 0 Å². The van der Waals surface area contributed by atoms with Crippen molar-refractivity contribution in [2.75, 3.05) is 0 Å². The highest BCUT2D eigenvalue weighted by molar-refractivity contribution is 9.10. The average Bonchev–Trinajstić information content (AvgIpc) is 2.06. The molecular weight excluding hydrogens is 247 g/mol. The number of halogens is 2. The van der Waals surface area contributed by atoms with Crippen molar-refractivity contribution < 1.29 is 9.50 Å². The zero-order valence-electron chi connectivity index (χ0n) is 8.51. The van der Waals surface area contributed by atoms with E-state index in [9.17, 15) is 9.50 Å². The fourth-order valence-electron chi connectivity index (χ4n) is 1.23. The predicted molar refractivity (Wildman–Crippen MR) is 58.8 cm³/mol. The molecule has 0 aliphatic heterocycles. The highest BCUT2D eigenvalue weighted by Gasteiger charge is 2.26. The highest BCUT2D eigenvalue weighted by Crippen LogP contribution is 2.30. The molecule has 1 aromatic carbocycles. The van der Waals surface area contributed by atoms with Gasteiger partial charge < -0.3 is 5.11 Å². The van der Waals surface area contributed by atoms with Gasteiger partial charge in [0.2, 0.25) is 0 Å². The largest absolute Gasteiger partial charge is 0.390 e. The molecule has 78 valence electrons. The standard InChI is InChI=1S/C11H14BrFO/c1-7(11(2,3)14)9-6-8(12)4-5-10(9)13/h4-7,14H,1-3H3. The Balaban J connectivity index is 3.12. The van der Waals surface area contributed by atoms with Gasteiger partial charge in [-0.05, 0) is 37.6 Å². The first kappa shape index (κ1) is 11.7. The summed E-state index contributed by atoms with van der Waals surface area (Å²) >= 11 is 3.28. The summed E-state index contributed by atoms with van der Waals surface area (Å²) in [5.74, 6) is -0.511. The number of aliphatic hydroxyl groups is 1. The van der Waals surface area contributed by atoms with Crippen LogP contribution in [0.15, 0.2) is 22.7 Å². The fourth-order valence-corrected chi connectivity index (χ4v) is 1.61. The van der Waals surface area contributed by atoms with Crippen molar-refractivity contribution in [2.45, 2.75) is 32.3 Å². The molecule has 0 spiro atoms. The van der Waals surface area contributed by atoms with Crippen LogP contribution in [0.1, 0.15) is 32.3 Å². The quantitative estimate of drug-likeness (QED) is 0.864. The van der Waals surface area contributed by atoms with Crippen molar-refractivity contribution in [2.24, 2.45) is 0 Å². The SMILES string of the molecule is CC(c1cc(Br)ccc1F)C(C)(C)O. The molecule has 0 amide bonds. The highest BCUT2D eigenvalue weighted by atomic mass is 79.9. The van der Waals surface area contributed by atoms with E-state index < -0.39 is 5.60 Å². The van der Waals surface area contributed by atoms with E-state index in [1.807, 2.05) is 6.92 Å². The number of hydrogen-bond acceptors (Lipinski definition) is 1. The summed E-state index contributed by atoms with van der Waals surface area (Å²) in [4.78, 5) is 0. The lowest BCUT2D eigenvalue weighted by Crippen LogP contribution is -2.27. The van der Waals surface area contributed by atoms with Gasteiger partial charge in [0.1, 0.15) is 5.82 Å². The molecule has 1 aromatic rings. The van der Waals surface area contributed by atoms with Gasteiger partial charge in [0.05, 0.1) is 5.60 Å². The molecule has 0 radical (unpaired) electrons. The number of rotatable bonds is 2. The Morgan fingerprint density at radius 2 is 2.00 bits per heavy atom. The van der Waals surface area contributed by atoms with Gasteiger partial charge in [-0.25, -0.2) is 4.39 Å². The molecule has 0 bridgehead atoms. The zero-order chi connectivity index (χ0) is 10.9. The minimum atomic E-state index is -0.915. The maximum Gasteiger partial charge on any atom is 0.126 e. The summed E-state index contributed by atoms with van der Waals surface area (Å²) in [7, 11) is 0. The molecule has 0 saturated carbocycles. The number of benzene rings is 1. The molecule has 1 unspecified atom stereocenters. The Kier molecular flexibility index (Phi) is 3.32. The molecule has 1 N–H and O–H groups in total. The Hall–Kier alpha value is -0.410. The van der Waals surface area contributed by atoms with Crippen molar-refractivity contribution in [3.63, 3.8) is 0 Å². The predicted octanol–water partition coefficient (Wildman–Crippen LogP) is 3.46. The molecule has 0 aliphatic carbocycles. The fraction of sp³-hybridized carbons (Fsp3) is 0.455. The normalized spacial score (nSPS) is 14.1. The van der Waals surface area contributed by atoms with Gasteiger partial charge >= 0.3 is 0 Å². The molecule has 0 fully saturated rings. The van der Waals surface area contributed by atoms with Crippen LogP contribution in [0.5, 0.6) is 0 Å². The molecule has 1 atom stereocenters. The van der Waals surface area contributed by atoms with Gasteiger partial charge in [-0.1, -0.05) is 22.9 Å². The molecular formula is C11H14BrFO. The lowest BCUT2D eigenvalue weighted by atomic mass is 9.86. The van der Waals surface area contributed by atoms with E-state index in [1.165, 1.54) is 6.07 Å². The summed E-state index contributed by atoms with van der Waals surface area (Å²) in [6, 6.07) is 4.76. The maximum atomic E-state index is 13.4. The van der Waals surface area contributed by atoms with Crippen LogP contribution in [0.2, 0.25) is 0 Å². The molecule has 1 rings (SSSR count). The zero-order valence-corrected chi connectivity index (χ0v) is 10.1. The smallest absolute Gasteiger partial charge is 0.126 e. The van der Waals surface area contributed by atoms with E-state index >= 15 is 0 Å². The van der Waals surface area contributed by atoms with Crippen molar-refractivity contribution >= 4 is 15.9 Å². The van der Waals surface area contributed by atoms with Crippen LogP contribution in [0.3, 0.4) is 0 Å². The summed E-state index contributed by atoms with van der Waals surface area (Å²) in [6.07, 6.45) is 0. The number of hydrogen-bond donors (Lipinski definition) is 1. The van der Waals surface area contributed by atoms with E-state index in [1.54, 1.807) is 26.0 Å². The third-order valence-corrected chi connectivity index (χ3v) is 2.98. The second kappa shape index (κ2) is 3.99. The van der Waals surface area contributed by atoms with Crippen molar-refractivity contribution in [3.05, 3.63) is 34.1 Å². The monoisotopic (exact) mass is 260 g/mol. The van der Waals surface area contributed by atoms with Crippen molar-refractivity contribution in [3.8, 4) is 0 Å². The second-order valence-corrected chi connectivity index (χ2v) is 4.96. The summed E-state index contributed by atoms with van der Waals surface area (Å²) in [6.45, 7) is 5.17. The van der Waals surface area contributed by atoms with Gasteiger partial charge in [-0.3, -0.25) is 0 Å². The van der Waals surface area contributed by atoms with Gasteiger partial charge in [0.15, 0.2) is 0 Å². The maximum absolute atomic E-state index is 13.4. The van der Waals surface area contributed by atoms with E-state index in [0.717, 1.165) is 4.47 Å². The lowest BCUT2D eigenvalue weighted by molar-refractivity contribution is 0.0546. The molecule has 0 aromatic heterocycles. The first-order chi connectivity index (χ1) is 6.32. The first-order valence-electron chi connectivity index (χ1n) is 4.49. The first-order valence-corrected chi connectivity index (χ1v) is 5.29. The average molecular weight is 261 g/mol. The van der Waals surface area contributed by atoms with E-state index in [4.69, 9.17) is 0 Å². The van der Waals surface area contributed by atoms with Crippen LogP contribution < -0.4 is 0 Å². The lowest BCUT2D eigenvalue weighted by Gasteiger charge is -2.26. The van der Waals surface area contributed by atoms with Crippen LogP contribution in [0.4, 0.5) is 4.39 Å². The van der Waals surface area contributed by atoms with Gasteiger partial charge in [0.25, 0.3) is 0 Å². The van der Waals surface area contributed by atoms with Crippen LogP contribution in [0.25, 0.3) is 0 Å². The van der Waals surface area contributed by atoms with Crippen LogP contribution in [0, 0.1) is 5.82 Å². The summed E-state index contributed by atoms with van der Waals surface area (Å²) in [5.41, 5.74) is -0.381. The Morgan fingerprint density at radius 3 is 2.50 bits per heavy atom. The van der Waals surface area contributed by atoms with Crippen molar-refractivity contribution in [1.29, 1.82) is 0 Å². The van der Waals surface area contributed by atoms with E-state index in [-0.39, 0.29) is 11.7 Å². The Labute approximate surface area is 92.1 Å². The van der Waals surface area contributed by atoms with Gasteiger partial charge in [-0.2, -0.15) is 0 Å². The van der Waals surface area contributed by atoms with Crippen LogP contribution in [-0.2, 0) is 0 Å². The minimum absolute atomic E-state index is 0.236. The van der Waals surface area contributed by atoms with Crippen LogP contribution in [-0.4, -0.2) is 10.7 Å². The summed E-state index contributed by atoms with van der Waals surface area (Å²) in [5, 5.41) is 9.77. The molecule has 1 nitrogen and oxygen atoms in total. The second-order valence-electron chi connectivity index (χ2n) is 4.04. The Bertz CT molecular complexity index is 331. The molecule has 3 heteroatoms. The molecule has 0 aliphatic rings. The third-order valence-electron chi connectivity index (χ3n) is 2.48. The van der Waals surface area contributed by atoms with E-state index in [0.29, 0.717) is 5.56 Å². The molecule has 0 saturated heterocycles. The van der Waals surface area contributed by atoms with Gasteiger partial charge in [0, 0.05) is 10.4 Å². The topological polar surface area (TPSA) is 20.2 Å². The molecule has 0 heterocycles. The third kappa shape index (κ3) is 2.55. The van der Waals surface area contributed by atoms with E-state index in [2.05, 4.69) is 15.9 Å². The van der Waals surface area contributed by atoms with Crippen LogP contribution >= 0.6 is 15.9 Å². The van der Waals surface area contributed by atoms with Gasteiger partial charge in [-0.15, -0.1) is 0 Å². The Morgan fingerprint density at radius 1 is 1.43 bits per heavy atom. The minimum Gasteiger partial charge on any atom is -0.390 e. The molecule has 14 heavy (non-hydrogen) atoms.